The highest BCUT2D eigenvalue weighted by Crippen LogP contribution is 2.22. The molecule has 0 amide bonds. The van der Waals surface area contributed by atoms with Crippen molar-refractivity contribution in [2.75, 3.05) is 21.2 Å². The molecule has 16 heavy (non-hydrogen) atoms. The number of hydrogen-bond donors (Lipinski definition) is 1. The van der Waals surface area contributed by atoms with Crippen LogP contribution in [0, 0.1) is 0 Å². The van der Waals surface area contributed by atoms with Crippen molar-refractivity contribution in [1.82, 2.24) is 9.88 Å². The Balaban J connectivity index is 2.88. The van der Waals surface area contributed by atoms with Gasteiger partial charge in [0.25, 0.3) is 0 Å². The lowest BCUT2D eigenvalue weighted by Crippen LogP contribution is -2.22. The van der Waals surface area contributed by atoms with E-state index in [1.54, 1.807) is 19.4 Å². The van der Waals surface area contributed by atoms with Crippen LogP contribution in [0.15, 0.2) is 18.3 Å². The number of methoxy groups -OCH3 is 1. The predicted molar refractivity (Wildman–Crippen MR) is 59.5 cm³/mol. The van der Waals surface area contributed by atoms with E-state index in [1.807, 2.05) is 25.1 Å². The van der Waals surface area contributed by atoms with Gasteiger partial charge in [0.2, 0.25) is 5.88 Å². The highest BCUT2D eigenvalue weighted by Gasteiger charge is 2.18. The number of carbonyl (C=O) groups is 1. The number of ether oxygens (including phenoxy) is 1. The Morgan fingerprint density at radius 1 is 1.56 bits per heavy atom. The van der Waals surface area contributed by atoms with Crippen LogP contribution in [0.2, 0.25) is 0 Å². The minimum atomic E-state index is -0.825. The fraction of sp³-hybridized carbons (Fsp3) is 0.455. The van der Waals surface area contributed by atoms with Gasteiger partial charge in [-0.25, -0.2) is 4.98 Å². The molecule has 0 aliphatic heterocycles. The molecule has 0 aliphatic carbocycles. The van der Waals surface area contributed by atoms with E-state index in [9.17, 15) is 4.79 Å². The second-order valence-electron chi connectivity index (χ2n) is 3.71. The molecule has 1 unspecified atom stereocenters. The van der Waals surface area contributed by atoms with Crippen LogP contribution in [0.25, 0.3) is 0 Å². The van der Waals surface area contributed by atoms with Crippen LogP contribution < -0.4 is 4.74 Å². The van der Waals surface area contributed by atoms with E-state index in [0.717, 1.165) is 5.56 Å². The lowest BCUT2D eigenvalue weighted by atomic mass is 10.1. The molecular weight excluding hydrogens is 208 g/mol. The fourth-order valence-corrected chi connectivity index (χ4v) is 1.47. The number of rotatable bonds is 5. The van der Waals surface area contributed by atoms with Crippen LogP contribution >= 0.6 is 0 Å². The topological polar surface area (TPSA) is 62.7 Å². The molecule has 0 spiro atoms. The summed E-state index contributed by atoms with van der Waals surface area (Å²) in [5.74, 6) is -0.300. The van der Waals surface area contributed by atoms with Crippen LogP contribution in [0.5, 0.6) is 5.88 Å². The van der Waals surface area contributed by atoms with Crippen molar-refractivity contribution in [3.8, 4) is 5.88 Å². The van der Waals surface area contributed by atoms with E-state index in [-0.39, 0.29) is 12.5 Å². The van der Waals surface area contributed by atoms with E-state index >= 15 is 0 Å². The van der Waals surface area contributed by atoms with Gasteiger partial charge in [-0.2, -0.15) is 0 Å². The molecule has 1 heterocycles. The van der Waals surface area contributed by atoms with Gasteiger partial charge < -0.3 is 14.7 Å². The Hall–Kier alpha value is -1.62. The first-order valence-corrected chi connectivity index (χ1v) is 4.92. The summed E-state index contributed by atoms with van der Waals surface area (Å²) in [5.41, 5.74) is 0.869. The van der Waals surface area contributed by atoms with Gasteiger partial charge in [0.15, 0.2) is 0 Å². The number of pyridine rings is 1. The summed E-state index contributed by atoms with van der Waals surface area (Å²) in [6.45, 7) is 0. The third-order valence-electron chi connectivity index (χ3n) is 2.34. The van der Waals surface area contributed by atoms with Crippen molar-refractivity contribution in [2.45, 2.75) is 12.5 Å². The molecule has 1 atom stereocenters. The van der Waals surface area contributed by atoms with Gasteiger partial charge in [-0.3, -0.25) is 4.79 Å². The third-order valence-corrected chi connectivity index (χ3v) is 2.34. The first-order chi connectivity index (χ1) is 7.54. The van der Waals surface area contributed by atoms with Gasteiger partial charge in [0.05, 0.1) is 13.5 Å². The summed E-state index contributed by atoms with van der Waals surface area (Å²) in [6, 6.07) is 3.39. The summed E-state index contributed by atoms with van der Waals surface area (Å²) in [6.07, 6.45) is 1.70. The molecule has 0 aliphatic rings. The Labute approximate surface area is 94.7 Å². The number of nitrogens with zero attached hydrogens (tertiary/aromatic N) is 2. The van der Waals surface area contributed by atoms with Crippen LogP contribution in [-0.2, 0) is 4.79 Å². The Morgan fingerprint density at radius 3 is 2.62 bits per heavy atom. The van der Waals surface area contributed by atoms with Gasteiger partial charge in [-0.1, -0.05) is 6.07 Å². The van der Waals surface area contributed by atoms with Crippen LogP contribution in [-0.4, -0.2) is 42.2 Å². The zero-order chi connectivity index (χ0) is 12.1. The molecule has 1 aromatic rings. The number of aliphatic carboxylic acids is 1. The maximum Gasteiger partial charge on any atom is 0.305 e. The SMILES string of the molecule is COc1ccc(C(CC(=O)O)N(C)C)cn1. The van der Waals surface area contributed by atoms with E-state index in [0.29, 0.717) is 5.88 Å². The standard InChI is InChI=1S/C11H16N2O3/c1-13(2)9(6-11(14)15)8-4-5-10(16-3)12-7-8/h4-5,7,9H,6H2,1-3H3,(H,14,15). The van der Waals surface area contributed by atoms with Crippen LogP contribution in [0.4, 0.5) is 0 Å². The molecule has 0 aromatic carbocycles. The van der Waals surface area contributed by atoms with Gasteiger partial charge in [-0.05, 0) is 19.7 Å². The van der Waals surface area contributed by atoms with Crippen molar-refractivity contribution in [1.29, 1.82) is 0 Å². The van der Waals surface area contributed by atoms with Crippen molar-refractivity contribution in [2.24, 2.45) is 0 Å². The summed E-state index contributed by atoms with van der Waals surface area (Å²) >= 11 is 0. The molecular formula is C11H16N2O3. The summed E-state index contributed by atoms with van der Waals surface area (Å²) in [4.78, 5) is 16.7. The zero-order valence-corrected chi connectivity index (χ0v) is 9.67. The largest absolute Gasteiger partial charge is 0.481 e. The summed E-state index contributed by atoms with van der Waals surface area (Å²) < 4.78 is 4.95. The van der Waals surface area contributed by atoms with Gasteiger partial charge in [-0.15, -0.1) is 0 Å². The van der Waals surface area contributed by atoms with Gasteiger partial charge >= 0.3 is 5.97 Å². The van der Waals surface area contributed by atoms with Crippen molar-refractivity contribution < 1.29 is 14.6 Å². The minimum absolute atomic E-state index is 0.0566. The monoisotopic (exact) mass is 224 g/mol. The van der Waals surface area contributed by atoms with Crippen molar-refractivity contribution in [3.63, 3.8) is 0 Å². The Kier molecular flexibility index (Phi) is 4.25. The molecule has 1 aromatic heterocycles. The van der Waals surface area contributed by atoms with Crippen molar-refractivity contribution >= 4 is 5.97 Å². The highest BCUT2D eigenvalue weighted by molar-refractivity contribution is 5.67. The van der Waals surface area contributed by atoms with Crippen LogP contribution in [0.3, 0.4) is 0 Å². The normalized spacial score (nSPS) is 12.5. The molecule has 88 valence electrons. The fourth-order valence-electron chi connectivity index (χ4n) is 1.47. The first-order valence-electron chi connectivity index (χ1n) is 4.92. The zero-order valence-electron chi connectivity index (χ0n) is 9.67. The van der Waals surface area contributed by atoms with E-state index in [4.69, 9.17) is 9.84 Å². The second kappa shape index (κ2) is 5.46. The predicted octanol–water partition coefficient (Wildman–Crippen LogP) is 1.17. The molecule has 5 nitrogen and oxygen atoms in total. The summed E-state index contributed by atoms with van der Waals surface area (Å²) in [5, 5.41) is 8.82. The molecule has 0 radical (unpaired) electrons. The first kappa shape index (κ1) is 12.4. The Morgan fingerprint density at radius 2 is 2.25 bits per heavy atom. The maximum absolute atomic E-state index is 10.7. The van der Waals surface area contributed by atoms with Crippen LogP contribution in [0.1, 0.15) is 18.0 Å². The van der Waals surface area contributed by atoms with E-state index in [1.165, 1.54) is 0 Å². The molecule has 0 fully saturated rings. The summed E-state index contributed by atoms with van der Waals surface area (Å²) in [7, 11) is 5.23. The lowest BCUT2D eigenvalue weighted by Gasteiger charge is -2.22. The van der Waals surface area contributed by atoms with Gasteiger partial charge in [0.1, 0.15) is 0 Å². The minimum Gasteiger partial charge on any atom is -0.481 e. The smallest absolute Gasteiger partial charge is 0.305 e. The molecule has 0 saturated carbocycles. The lowest BCUT2D eigenvalue weighted by molar-refractivity contribution is -0.138. The quantitative estimate of drug-likeness (QED) is 0.813. The van der Waals surface area contributed by atoms with E-state index < -0.39 is 5.97 Å². The number of carboxylic acid groups (broad SMARTS) is 1. The van der Waals surface area contributed by atoms with Gasteiger partial charge in [0, 0.05) is 18.3 Å². The number of hydrogen-bond acceptors (Lipinski definition) is 4. The number of aromatic nitrogens is 1. The van der Waals surface area contributed by atoms with Crippen molar-refractivity contribution in [3.05, 3.63) is 23.9 Å². The van der Waals surface area contributed by atoms with E-state index in [2.05, 4.69) is 4.98 Å². The maximum atomic E-state index is 10.7. The molecule has 0 saturated heterocycles. The second-order valence-corrected chi connectivity index (χ2v) is 3.71. The highest BCUT2D eigenvalue weighted by atomic mass is 16.5. The Bertz CT molecular complexity index is 349. The number of carboxylic acids is 1. The molecule has 5 heteroatoms. The third kappa shape index (κ3) is 3.20. The molecule has 1 N–H and O–H groups in total. The molecule has 0 bridgehead atoms. The average Bonchev–Trinajstić information content (AvgIpc) is 2.25. The average molecular weight is 224 g/mol. The molecule has 1 rings (SSSR count).